The summed E-state index contributed by atoms with van der Waals surface area (Å²) in [6.45, 7) is 25.5. The van der Waals surface area contributed by atoms with Crippen LogP contribution in [0.3, 0.4) is 0 Å². The number of urea groups is 1. The van der Waals surface area contributed by atoms with E-state index in [1.807, 2.05) is 66.9 Å². The summed E-state index contributed by atoms with van der Waals surface area (Å²) < 4.78 is 82.5. The van der Waals surface area contributed by atoms with Crippen molar-refractivity contribution >= 4 is 104 Å². The lowest BCUT2D eigenvalue weighted by Crippen LogP contribution is -2.54. The maximum atomic E-state index is 15.2. The van der Waals surface area contributed by atoms with Crippen molar-refractivity contribution < 1.29 is 138 Å². The number of Topliss-reactive ketones (excluding diaryl/α,β-unsaturated/α-hetero) is 1. The number of primary amides is 2. The molecule has 1 saturated heterocycles. The van der Waals surface area contributed by atoms with E-state index in [0.717, 1.165) is 11.1 Å². The molecule has 7 aliphatic rings. The third kappa shape index (κ3) is 32.0. The molecule has 3 aromatic rings. The summed E-state index contributed by atoms with van der Waals surface area (Å²) in [7, 11) is 5.51. The van der Waals surface area contributed by atoms with Gasteiger partial charge in [-0.1, -0.05) is 90.5 Å². The van der Waals surface area contributed by atoms with E-state index in [1.54, 1.807) is 62.4 Å². The van der Waals surface area contributed by atoms with Crippen molar-refractivity contribution in [1.29, 1.82) is 0 Å². The number of aliphatic hydroxyl groups is 1. The van der Waals surface area contributed by atoms with Crippen molar-refractivity contribution in [2.24, 2.45) is 76.4 Å². The number of fused-ring (bicyclic) bond motifs is 7. The normalized spacial score (nSPS) is 23.0. The minimum atomic E-state index is -2.09. The van der Waals surface area contributed by atoms with Gasteiger partial charge in [0.15, 0.2) is 11.3 Å². The minimum Gasteiger partial charge on any atom is -0.507 e. The van der Waals surface area contributed by atoms with Crippen LogP contribution in [-0.2, 0) is 107 Å². The molecule has 0 aromatic heterocycles. The van der Waals surface area contributed by atoms with Crippen LogP contribution < -0.4 is 69.3 Å². The summed E-state index contributed by atoms with van der Waals surface area (Å²) in [5.74, 6) is -11.1. The topological polar surface area (TPSA) is 574 Å². The molecule has 42 nitrogen and oxygen atoms in total. The summed E-state index contributed by atoms with van der Waals surface area (Å²) in [5.41, 5.74) is 17.7. The summed E-state index contributed by atoms with van der Waals surface area (Å²) in [6, 6.07) is 8.35. The Balaban J connectivity index is 0.595. The second kappa shape index (κ2) is 55.7. The first-order valence-corrected chi connectivity index (χ1v) is 50.1. The van der Waals surface area contributed by atoms with Crippen LogP contribution in [0.15, 0.2) is 99.5 Å². The number of anilines is 2. The van der Waals surface area contributed by atoms with Gasteiger partial charge in [-0.3, -0.25) is 62.4 Å². The fourth-order valence-electron chi connectivity index (χ4n) is 18.8. The largest absolute Gasteiger partial charge is 0.507 e. The number of quaternary nitrogens is 1. The molecular formula is C104H148N13O29+. The number of nitrogens with two attached hydrogens (primary N) is 3. The molecule has 4 aliphatic heterocycles. The first-order chi connectivity index (χ1) is 69.6. The third-order valence-electron chi connectivity index (χ3n) is 27.3. The van der Waals surface area contributed by atoms with Crippen LogP contribution in [0, 0.1) is 66.1 Å². The molecule has 10 rings (SSSR count). The quantitative estimate of drug-likeness (QED) is 0.00392. The number of aliphatic hydroxyl groups excluding tert-OH is 1. The molecular weight excluding hydrogens is 1900 g/mol. The molecule has 16 atom stereocenters. The Morgan fingerprint density at radius 3 is 1.92 bits per heavy atom. The first-order valence-electron chi connectivity index (χ1n) is 50.1. The molecule has 11 amide bonds. The SMILES string of the molecule is CO[C@H]1/C=C/O[C@@]2(C)Oc3c(C)c(O)c4c(=O)c(c5oc6cc(OCC[N+](C)(C)Cc7ccc(NC(=O)[C@H](CCCNC(N)=O)NC(=O)[C@@H](NC(=O)CCOCCOCCOCCOCCOCCOCCOCCOCCNC(=O)CCN8C(=O)C9C%10C=C(CCNC(=O)[C@@H](N)CCC(N)=O)C(C%10)C9C8=O)C(C)C)cc7)ccc6nc-5c4c3C2=O)NC(=O)/C(C)=C\C=C\[C@H](C)[C@H](O)[C@@H](C)[C@@H](C)[C@@H](C)[C@H](OC(C)=O)[C@@H]1C. The minimum absolute atomic E-state index is 0.00764. The van der Waals surface area contributed by atoms with Crippen LogP contribution in [-0.4, -0.2) is 304 Å². The Morgan fingerprint density at radius 1 is 0.685 bits per heavy atom. The van der Waals surface area contributed by atoms with Crippen LogP contribution in [0.25, 0.3) is 33.3 Å². The first kappa shape index (κ1) is 116. The number of amides is 11. The van der Waals surface area contributed by atoms with E-state index in [1.165, 1.54) is 52.0 Å². The van der Waals surface area contributed by atoms with Crippen molar-refractivity contribution in [1.82, 2.24) is 36.5 Å². The molecule has 6 bridgehead atoms. The lowest BCUT2D eigenvalue weighted by atomic mass is 9.73. The number of hydrogen-bond acceptors (Lipinski definition) is 31. The van der Waals surface area contributed by atoms with Crippen molar-refractivity contribution in [2.75, 3.05) is 177 Å². The van der Waals surface area contributed by atoms with E-state index in [4.69, 9.17) is 88.2 Å². The number of nitrogens with zero attached hydrogens (tertiary/aromatic N) is 3. The smallest absolute Gasteiger partial charge is 0.312 e. The Morgan fingerprint density at radius 2 is 1.31 bits per heavy atom. The van der Waals surface area contributed by atoms with Crippen LogP contribution >= 0.6 is 0 Å². The van der Waals surface area contributed by atoms with Gasteiger partial charge in [-0.15, -0.1) is 0 Å². The van der Waals surface area contributed by atoms with Gasteiger partial charge < -0.3 is 135 Å². The lowest BCUT2D eigenvalue weighted by Gasteiger charge is -2.39. The maximum Gasteiger partial charge on any atom is 0.312 e. The number of ketones is 1. The van der Waals surface area contributed by atoms with Gasteiger partial charge in [-0.05, 0) is 112 Å². The summed E-state index contributed by atoms with van der Waals surface area (Å²) >= 11 is 0. The van der Waals surface area contributed by atoms with E-state index in [-0.39, 0.29) is 206 Å². The number of nitrogens with one attached hydrogen (secondary N) is 7. The predicted octanol–water partition coefficient (Wildman–Crippen LogP) is 6.20. The molecule has 2 fully saturated rings. The van der Waals surface area contributed by atoms with Gasteiger partial charge in [-0.25, -0.2) is 9.78 Å². The Bertz CT molecular complexity index is 5510. The zero-order chi connectivity index (χ0) is 106. The van der Waals surface area contributed by atoms with Crippen LogP contribution in [0.4, 0.5) is 16.2 Å². The number of esters is 1. The maximum absolute atomic E-state index is 15.2. The zero-order valence-electron chi connectivity index (χ0n) is 86.2. The van der Waals surface area contributed by atoms with Gasteiger partial charge in [0.1, 0.15) is 72.0 Å². The molecule has 146 heavy (non-hydrogen) atoms. The number of methoxy groups -OCH3 is 1. The fourth-order valence-corrected chi connectivity index (χ4v) is 18.8. The van der Waals surface area contributed by atoms with E-state index >= 15 is 9.59 Å². The average Bonchev–Trinajstić information content (AvgIpc) is 1.47. The molecule has 802 valence electrons. The van der Waals surface area contributed by atoms with E-state index < -0.39 is 130 Å². The van der Waals surface area contributed by atoms with Gasteiger partial charge in [-0.2, -0.15) is 0 Å². The van der Waals surface area contributed by atoms with Crippen molar-refractivity contribution in [3.05, 3.63) is 117 Å². The molecule has 4 heterocycles. The second-order valence-electron chi connectivity index (χ2n) is 38.9. The molecule has 42 heteroatoms. The molecule has 3 aliphatic carbocycles. The van der Waals surface area contributed by atoms with Crippen molar-refractivity contribution in [3.8, 4) is 28.7 Å². The Hall–Kier alpha value is -11.9. The fraction of sp³-hybridized carbons (Fsp3) is 0.596. The number of benzene rings is 4. The zero-order valence-corrected chi connectivity index (χ0v) is 86.2. The Labute approximate surface area is 850 Å². The lowest BCUT2D eigenvalue weighted by molar-refractivity contribution is -0.903. The van der Waals surface area contributed by atoms with Gasteiger partial charge in [0.05, 0.1) is 167 Å². The standard InChI is InChI=1S/C104H147N13O29/c1-59(2)87(114-81(121)31-37-134-41-43-136-45-47-138-49-51-140-53-54-141-52-50-139-48-46-137-44-42-135-39-34-108-80(120)29-35-116-101(130)82-70-55-69(73(56-70)83(82)102(116)131)28-33-109-98(127)74(105)25-27-79(106)119)100(129)113-76(19-16-32-110-103(107)132)99(128)111-71-22-20-68(21-23-71)58-117(12,13)36-40-142-72-24-26-75-78(57-72)145-95-88(112-75)84-85-91(123)66(9)94-86(84)96(125)104(11,146-94)143-38-30-77(133-14)65(8)93(144-67(10)118)64(7)62(5)63(6)90(122)60(3)17-15-18-61(4)97(126)115-89(95)92(85)124/h15,17-18,20-24,26,30,38,55,57,59-60,62-65,70,73-74,76-77,82-83,87,90,93,122H,16,19,25,27-29,31-37,39-54,56,58,105H2,1-14H3,(H11-,106,107,108,109,110,111,112,113,114,115,119,120,121,123,124,125,126,127,128,129,132)/p+1/b17-15+,38-30+,61-18-/t60-,62+,63-,64+,65+,70?,73?,74-,76-,77-,82?,83?,87-,90-,93-,104-/m0/s1. The number of ether oxygens (including phenoxy) is 13. The second-order valence-corrected chi connectivity index (χ2v) is 38.9. The van der Waals surface area contributed by atoms with Gasteiger partial charge in [0, 0.05) is 112 Å². The van der Waals surface area contributed by atoms with Gasteiger partial charge in [0.2, 0.25) is 52.7 Å². The number of likely N-dealkylation sites (tertiary alicyclic amines) is 1. The number of rotatable bonds is 55. The monoisotopic (exact) mass is 2040 g/mol. The van der Waals surface area contributed by atoms with Gasteiger partial charge >= 0.3 is 17.8 Å². The molecule has 15 N–H and O–H groups in total. The molecule has 1 saturated carbocycles. The highest BCUT2D eigenvalue weighted by Crippen LogP contribution is 2.57. The number of carbonyl (C=O) groups excluding carboxylic acids is 12. The summed E-state index contributed by atoms with van der Waals surface area (Å²) in [5, 5.41) is 42.6. The number of aromatic hydroxyl groups is 1. The number of phenols is 1. The van der Waals surface area contributed by atoms with E-state index in [9.17, 15) is 63.0 Å². The highest BCUT2D eigenvalue weighted by atomic mass is 16.7. The molecule has 0 radical (unpaired) electrons. The van der Waals surface area contributed by atoms with Gasteiger partial charge in [0.25, 0.3) is 11.7 Å². The Kier molecular flexibility index (Phi) is 44.3. The molecule has 3 aromatic carbocycles. The van der Waals surface area contributed by atoms with E-state index in [2.05, 4.69) is 37.2 Å². The number of carbonyl (C=O) groups is 12. The molecule has 4 unspecified atom stereocenters. The van der Waals surface area contributed by atoms with Crippen LogP contribution in [0.1, 0.15) is 142 Å². The number of allylic oxidation sites excluding steroid dienone is 3. The highest BCUT2D eigenvalue weighted by Gasteiger charge is 2.61. The summed E-state index contributed by atoms with van der Waals surface area (Å²) in [4.78, 5) is 179. The number of hydrogen-bond donors (Lipinski definition) is 12. The number of phenolic OH excluding ortho intramolecular Hbond substituents is 1. The molecule has 0 spiro atoms. The third-order valence-corrected chi connectivity index (χ3v) is 27.3. The number of likely N-dealkylation sites (N-methyl/N-ethyl adjacent to an activating group) is 1. The van der Waals surface area contributed by atoms with Crippen molar-refractivity contribution in [3.63, 3.8) is 0 Å². The number of aromatic nitrogens is 1. The van der Waals surface area contributed by atoms with Crippen LogP contribution in [0.5, 0.6) is 17.2 Å². The number of imide groups is 1. The van der Waals surface area contributed by atoms with Crippen LogP contribution in [0.2, 0.25) is 0 Å². The van der Waals surface area contributed by atoms with E-state index in [0.29, 0.717) is 128 Å². The summed E-state index contributed by atoms with van der Waals surface area (Å²) in [6.07, 6.45) is 9.11. The average molecular weight is 2040 g/mol. The predicted molar refractivity (Wildman–Crippen MR) is 537 cm³/mol. The van der Waals surface area contributed by atoms with Crippen molar-refractivity contribution in [2.45, 2.75) is 176 Å². The highest BCUT2D eigenvalue weighted by molar-refractivity contribution is 6.22.